The normalized spacial score (nSPS) is 12.4. The van der Waals surface area contributed by atoms with Crippen molar-refractivity contribution in [3.63, 3.8) is 0 Å². The molecule has 0 saturated heterocycles. The third-order valence-electron chi connectivity index (χ3n) is 2.95. The molecule has 1 heterocycles. The summed E-state index contributed by atoms with van der Waals surface area (Å²) in [7, 11) is 2.05. The molecule has 15 heavy (non-hydrogen) atoms. The fraction of sp³-hybridized carbons (Fsp3) is 0.667. The van der Waals surface area contributed by atoms with E-state index in [1.165, 1.54) is 0 Å². The Morgan fingerprint density at radius 3 is 2.53 bits per heavy atom. The van der Waals surface area contributed by atoms with E-state index >= 15 is 0 Å². The van der Waals surface area contributed by atoms with Gasteiger partial charge in [0.25, 0.3) is 0 Å². The molecule has 3 heteroatoms. The standard InChI is InChI=1S/C12H21NO2/c1-10-5-6-11(15-10)9-13(4)12(2,3)7-8-14/h5-6,14H,7-9H2,1-4H3. The molecule has 0 radical (unpaired) electrons. The maximum absolute atomic E-state index is 8.97. The maximum Gasteiger partial charge on any atom is 0.118 e. The highest BCUT2D eigenvalue weighted by Crippen LogP contribution is 2.20. The van der Waals surface area contributed by atoms with Crippen LogP contribution in [0.1, 0.15) is 31.8 Å². The zero-order chi connectivity index (χ0) is 11.5. The second-order valence-corrected chi connectivity index (χ2v) is 4.65. The van der Waals surface area contributed by atoms with Crippen molar-refractivity contribution in [2.45, 2.75) is 39.3 Å². The van der Waals surface area contributed by atoms with E-state index in [1.54, 1.807) is 0 Å². The van der Waals surface area contributed by atoms with Crippen LogP contribution in [0.25, 0.3) is 0 Å². The predicted octanol–water partition coefficient (Wildman–Crippen LogP) is 2.18. The number of aryl methyl sites for hydroxylation is 1. The van der Waals surface area contributed by atoms with Crippen molar-refractivity contribution in [3.05, 3.63) is 23.7 Å². The SMILES string of the molecule is Cc1ccc(CN(C)C(C)(C)CCO)o1. The van der Waals surface area contributed by atoms with E-state index in [9.17, 15) is 0 Å². The molecule has 0 bridgehead atoms. The molecule has 0 atom stereocenters. The summed E-state index contributed by atoms with van der Waals surface area (Å²) < 4.78 is 5.52. The van der Waals surface area contributed by atoms with Crippen molar-refractivity contribution < 1.29 is 9.52 Å². The van der Waals surface area contributed by atoms with Crippen LogP contribution in [0.2, 0.25) is 0 Å². The monoisotopic (exact) mass is 211 g/mol. The Hall–Kier alpha value is -0.800. The van der Waals surface area contributed by atoms with Gasteiger partial charge < -0.3 is 9.52 Å². The van der Waals surface area contributed by atoms with Crippen molar-refractivity contribution in [1.29, 1.82) is 0 Å². The van der Waals surface area contributed by atoms with Gasteiger partial charge in [-0.3, -0.25) is 4.90 Å². The Morgan fingerprint density at radius 2 is 2.07 bits per heavy atom. The largest absolute Gasteiger partial charge is 0.465 e. The minimum Gasteiger partial charge on any atom is -0.465 e. The van der Waals surface area contributed by atoms with Gasteiger partial charge in [0.15, 0.2) is 0 Å². The number of hydrogen-bond donors (Lipinski definition) is 1. The molecule has 0 amide bonds. The summed E-state index contributed by atoms with van der Waals surface area (Å²) in [5, 5.41) is 8.97. The fourth-order valence-corrected chi connectivity index (χ4v) is 1.48. The van der Waals surface area contributed by atoms with E-state index in [0.717, 1.165) is 24.5 Å². The van der Waals surface area contributed by atoms with E-state index < -0.39 is 0 Å². The van der Waals surface area contributed by atoms with Gasteiger partial charge in [0, 0.05) is 12.1 Å². The highest BCUT2D eigenvalue weighted by molar-refractivity contribution is 5.05. The van der Waals surface area contributed by atoms with Crippen LogP contribution in [-0.2, 0) is 6.54 Å². The second-order valence-electron chi connectivity index (χ2n) is 4.65. The van der Waals surface area contributed by atoms with Crippen molar-refractivity contribution in [3.8, 4) is 0 Å². The molecule has 1 aromatic heterocycles. The summed E-state index contributed by atoms with van der Waals surface area (Å²) in [5.41, 5.74) is -0.00452. The molecule has 0 aliphatic heterocycles. The van der Waals surface area contributed by atoms with Crippen molar-refractivity contribution in [1.82, 2.24) is 4.90 Å². The zero-order valence-corrected chi connectivity index (χ0v) is 10.1. The first-order valence-electron chi connectivity index (χ1n) is 5.33. The highest BCUT2D eigenvalue weighted by Gasteiger charge is 2.23. The average molecular weight is 211 g/mol. The van der Waals surface area contributed by atoms with Crippen LogP contribution in [0.3, 0.4) is 0 Å². The molecule has 0 unspecified atom stereocenters. The molecule has 1 rings (SSSR count). The van der Waals surface area contributed by atoms with E-state index in [1.807, 2.05) is 26.1 Å². The van der Waals surface area contributed by atoms with E-state index in [4.69, 9.17) is 9.52 Å². The number of nitrogens with zero attached hydrogens (tertiary/aromatic N) is 1. The smallest absolute Gasteiger partial charge is 0.118 e. The maximum atomic E-state index is 8.97. The Morgan fingerprint density at radius 1 is 1.40 bits per heavy atom. The summed E-state index contributed by atoms with van der Waals surface area (Å²) in [5.74, 6) is 1.92. The third-order valence-corrected chi connectivity index (χ3v) is 2.95. The molecule has 0 spiro atoms. The van der Waals surface area contributed by atoms with Crippen LogP contribution in [0.15, 0.2) is 16.5 Å². The van der Waals surface area contributed by atoms with Gasteiger partial charge in [-0.15, -0.1) is 0 Å². The number of aliphatic hydroxyl groups excluding tert-OH is 1. The first-order valence-corrected chi connectivity index (χ1v) is 5.33. The summed E-state index contributed by atoms with van der Waals surface area (Å²) in [6, 6.07) is 3.98. The molecular formula is C12H21NO2. The van der Waals surface area contributed by atoms with Gasteiger partial charge in [0.1, 0.15) is 11.5 Å². The van der Waals surface area contributed by atoms with Gasteiger partial charge in [-0.2, -0.15) is 0 Å². The molecule has 0 saturated carbocycles. The Labute approximate surface area is 91.7 Å². The van der Waals surface area contributed by atoms with Crippen LogP contribution in [-0.4, -0.2) is 29.2 Å². The molecule has 0 aromatic carbocycles. The van der Waals surface area contributed by atoms with Gasteiger partial charge in [-0.1, -0.05) is 0 Å². The Balaban J connectivity index is 2.58. The summed E-state index contributed by atoms with van der Waals surface area (Å²) in [4.78, 5) is 2.20. The molecule has 1 N–H and O–H groups in total. The van der Waals surface area contributed by atoms with Crippen LogP contribution in [0, 0.1) is 6.92 Å². The molecule has 0 aliphatic rings. The number of rotatable bonds is 5. The number of hydrogen-bond acceptors (Lipinski definition) is 3. The van der Waals surface area contributed by atoms with Gasteiger partial charge in [0.05, 0.1) is 6.54 Å². The van der Waals surface area contributed by atoms with E-state index in [-0.39, 0.29) is 12.1 Å². The lowest BCUT2D eigenvalue weighted by molar-refractivity contribution is 0.102. The Kier molecular flexibility index (Phi) is 3.94. The molecule has 0 aliphatic carbocycles. The van der Waals surface area contributed by atoms with Gasteiger partial charge in [-0.25, -0.2) is 0 Å². The van der Waals surface area contributed by atoms with Gasteiger partial charge >= 0.3 is 0 Å². The van der Waals surface area contributed by atoms with Crippen LogP contribution < -0.4 is 0 Å². The highest BCUT2D eigenvalue weighted by atomic mass is 16.3. The molecule has 1 aromatic rings. The quantitative estimate of drug-likeness (QED) is 0.811. The van der Waals surface area contributed by atoms with Gasteiger partial charge in [-0.05, 0) is 46.4 Å². The fourth-order valence-electron chi connectivity index (χ4n) is 1.48. The molecule has 86 valence electrons. The first-order chi connectivity index (χ1) is 6.95. The summed E-state index contributed by atoms with van der Waals surface area (Å²) in [6.07, 6.45) is 0.767. The summed E-state index contributed by atoms with van der Waals surface area (Å²) >= 11 is 0. The van der Waals surface area contributed by atoms with Crippen molar-refractivity contribution >= 4 is 0 Å². The van der Waals surface area contributed by atoms with Crippen LogP contribution in [0.5, 0.6) is 0 Å². The lowest BCUT2D eigenvalue weighted by Crippen LogP contribution is -2.41. The van der Waals surface area contributed by atoms with E-state index in [0.29, 0.717) is 0 Å². The summed E-state index contributed by atoms with van der Waals surface area (Å²) in [6.45, 7) is 7.19. The van der Waals surface area contributed by atoms with Crippen LogP contribution >= 0.6 is 0 Å². The van der Waals surface area contributed by atoms with Crippen molar-refractivity contribution in [2.75, 3.05) is 13.7 Å². The molecule has 3 nitrogen and oxygen atoms in total. The second kappa shape index (κ2) is 4.81. The minimum atomic E-state index is -0.00452. The van der Waals surface area contributed by atoms with Crippen molar-refractivity contribution in [2.24, 2.45) is 0 Å². The first kappa shape index (κ1) is 12.3. The Bertz CT molecular complexity index is 304. The minimum absolute atomic E-state index is 0.00452. The van der Waals surface area contributed by atoms with Gasteiger partial charge in [0.2, 0.25) is 0 Å². The third kappa shape index (κ3) is 3.36. The number of furan rings is 1. The lowest BCUT2D eigenvalue weighted by Gasteiger charge is -2.34. The molecule has 0 fully saturated rings. The molecular weight excluding hydrogens is 190 g/mol. The van der Waals surface area contributed by atoms with Crippen LogP contribution in [0.4, 0.5) is 0 Å². The zero-order valence-electron chi connectivity index (χ0n) is 10.1. The lowest BCUT2D eigenvalue weighted by atomic mass is 9.99. The predicted molar refractivity (Wildman–Crippen MR) is 60.7 cm³/mol. The average Bonchev–Trinajstić information content (AvgIpc) is 2.51. The topological polar surface area (TPSA) is 36.6 Å². The number of aliphatic hydroxyl groups is 1. The van der Waals surface area contributed by atoms with E-state index in [2.05, 4.69) is 18.7 Å².